The summed E-state index contributed by atoms with van der Waals surface area (Å²) in [5.74, 6) is -0.169. The number of benzene rings is 4. The van der Waals surface area contributed by atoms with Gasteiger partial charge in [-0.3, -0.25) is 9.59 Å². The van der Waals surface area contributed by atoms with E-state index in [0.717, 1.165) is 21.9 Å². The maximum absolute atomic E-state index is 13.3. The fraction of sp³-hybridized carbons (Fsp3) is 0. The summed E-state index contributed by atoms with van der Waals surface area (Å²) in [6.07, 6.45) is 0. The summed E-state index contributed by atoms with van der Waals surface area (Å²) >= 11 is 0. The van der Waals surface area contributed by atoms with Gasteiger partial charge in [0.25, 0.3) is 0 Å². The van der Waals surface area contributed by atoms with Crippen molar-refractivity contribution in [2.75, 3.05) is 0 Å². The first-order valence-corrected chi connectivity index (χ1v) is 8.55. The molecule has 0 saturated heterocycles. The molecule has 0 heterocycles. The molecule has 0 fully saturated rings. The number of carbonyl (C=O) groups excluding carboxylic acids is 2. The minimum atomic E-state index is -0.0851. The topological polar surface area (TPSA) is 34.1 Å². The molecule has 0 atom stereocenters. The summed E-state index contributed by atoms with van der Waals surface area (Å²) in [4.78, 5) is 26.5. The molecule has 0 spiro atoms. The maximum Gasteiger partial charge on any atom is 0.195 e. The molecule has 5 rings (SSSR count). The van der Waals surface area contributed by atoms with Gasteiger partial charge in [-0.2, -0.15) is 0 Å². The summed E-state index contributed by atoms with van der Waals surface area (Å²) < 4.78 is 0. The van der Waals surface area contributed by atoms with Gasteiger partial charge in [-0.05, 0) is 22.4 Å². The van der Waals surface area contributed by atoms with Crippen molar-refractivity contribution < 1.29 is 9.59 Å². The predicted molar refractivity (Wildman–Crippen MR) is 103 cm³/mol. The molecule has 0 saturated carbocycles. The Morgan fingerprint density at radius 3 is 1.88 bits per heavy atom. The number of ketones is 2. The van der Waals surface area contributed by atoms with Crippen LogP contribution in [-0.2, 0) is 0 Å². The molecule has 0 N–H and O–H groups in total. The predicted octanol–water partition coefficient (Wildman–Crippen LogP) is 5.28. The zero-order valence-corrected chi connectivity index (χ0v) is 13.9. The molecule has 0 unspecified atom stereocenters. The van der Waals surface area contributed by atoms with Gasteiger partial charge in [0.15, 0.2) is 11.6 Å². The van der Waals surface area contributed by atoms with Crippen molar-refractivity contribution in [1.82, 2.24) is 0 Å². The highest BCUT2D eigenvalue weighted by atomic mass is 16.1. The number of rotatable bonds is 1. The van der Waals surface area contributed by atoms with E-state index in [1.165, 1.54) is 0 Å². The van der Waals surface area contributed by atoms with E-state index in [9.17, 15) is 9.59 Å². The Morgan fingerprint density at radius 1 is 0.500 bits per heavy atom. The third-order valence-corrected chi connectivity index (χ3v) is 5.00. The first-order valence-electron chi connectivity index (χ1n) is 8.55. The molecular weight excluding hydrogens is 320 g/mol. The molecular formula is C24H14O2. The highest BCUT2D eigenvalue weighted by Crippen LogP contribution is 2.39. The van der Waals surface area contributed by atoms with Crippen LogP contribution < -0.4 is 0 Å². The third kappa shape index (κ3) is 1.99. The van der Waals surface area contributed by atoms with Crippen LogP contribution in [0.1, 0.15) is 31.8 Å². The Bertz CT molecular complexity index is 1200. The smallest absolute Gasteiger partial charge is 0.195 e. The first kappa shape index (κ1) is 14.8. The molecule has 0 bridgehead atoms. The lowest BCUT2D eigenvalue weighted by Gasteiger charge is -2.22. The Labute approximate surface area is 150 Å². The molecule has 2 nitrogen and oxygen atoms in total. The summed E-state index contributed by atoms with van der Waals surface area (Å²) in [6, 6.07) is 26.7. The second kappa shape index (κ2) is 5.50. The van der Waals surface area contributed by atoms with Gasteiger partial charge in [-0.1, -0.05) is 78.9 Å². The van der Waals surface area contributed by atoms with Crippen molar-refractivity contribution in [1.29, 1.82) is 0 Å². The first-order chi connectivity index (χ1) is 12.8. The zero-order chi connectivity index (χ0) is 17.7. The fourth-order valence-electron chi connectivity index (χ4n) is 3.83. The van der Waals surface area contributed by atoms with Crippen molar-refractivity contribution in [3.05, 3.63) is 107 Å². The quantitative estimate of drug-likeness (QED) is 0.418. The molecule has 4 aromatic rings. The van der Waals surface area contributed by atoms with Crippen LogP contribution in [0.5, 0.6) is 0 Å². The van der Waals surface area contributed by atoms with E-state index in [2.05, 4.69) is 0 Å². The molecule has 4 aromatic carbocycles. The van der Waals surface area contributed by atoms with E-state index in [1.54, 1.807) is 24.3 Å². The van der Waals surface area contributed by atoms with Crippen LogP contribution in [0.15, 0.2) is 84.9 Å². The van der Waals surface area contributed by atoms with Crippen molar-refractivity contribution in [2.45, 2.75) is 0 Å². The molecule has 0 radical (unpaired) electrons. The zero-order valence-electron chi connectivity index (χ0n) is 13.9. The summed E-state index contributed by atoms with van der Waals surface area (Å²) in [6.45, 7) is 0. The minimum Gasteiger partial charge on any atom is -0.289 e. The summed E-state index contributed by atoms with van der Waals surface area (Å²) in [7, 11) is 0. The van der Waals surface area contributed by atoms with Crippen LogP contribution in [0, 0.1) is 0 Å². The second-order valence-electron chi connectivity index (χ2n) is 6.47. The number of fused-ring (bicyclic) bond motifs is 3. The van der Waals surface area contributed by atoms with Gasteiger partial charge >= 0.3 is 0 Å². The van der Waals surface area contributed by atoms with Gasteiger partial charge in [-0.25, -0.2) is 0 Å². The van der Waals surface area contributed by atoms with E-state index in [-0.39, 0.29) is 11.6 Å². The Hall–Kier alpha value is -3.52. The SMILES string of the molecule is O=C1c2ccccc2C(=O)c2c1cc1ccccc1c2-c1ccccc1. The van der Waals surface area contributed by atoms with Gasteiger partial charge in [0.2, 0.25) is 0 Å². The average molecular weight is 334 g/mol. The van der Waals surface area contributed by atoms with E-state index in [4.69, 9.17) is 0 Å². The molecule has 26 heavy (non-hydrogen) atoms. The normalized spacial score (nSPS) is 12.8. The summed E-state index contributed by atoms with van der Waals surface area (Å²) in [5, 5.41) is 1.95. The van der Waals surface area contributed by atoms with Gasteiger partial charge in [0.1, 0.15) is 0 Å². The van der Waals surface area contributed by atoms with Crippen molar-refractivity contribution in [2.24, 2.45) is 0 Å². The lowest BCUT2D eigenvalue weighted by molar-refractivity contribution is 0.0980. The van der Waals surface area contributed by atoms with Crippen molar-refractivity contribution in [3.8, 4) is 11.1 Å². The van der Waals surface area contributed by atoms with Crippen LogP contribution in [0.4, 0.5) is 0 Å². The number of hydrogen-bond acceptors (Lipinski definition) is 2. The average Bonchev–Trinajstić information content (AvgIpc) is 2.71. The Kier molecular flexibility index (Phi) is 3.13. The van der Waals surface area contributed by atoms with Crippen molar-refractivity contribution in [3.63, 3.8) is 0 Å². The molecule has 0 amide bonds. The van der Waals surface area contributed by atoms with E-state index >= 15 is 0 Å². The lowest BCUT2D eigenvalue weighted by Crippen LogP contribution is -2.22. The van der Waals surface area contributed by atoms with Crippen LogP contribution in [0.2, 0.25) is 0 Å². The third-order valence-electron chi connectivity index (χ3n) is 5.00. The maximum atomic E-state index is 13.3. The minimum absolute atomic E-state index is 0.0835. The van der Waals surface area contributed by atoms with Crippen LogP contribution in [-0.4, -0.2) is 11.6 Å². The van der Waals surface area contributed by atoms with Gasteiger partial charge in [-0.15, -0.1) is 0 Å². The summed E-state index contributed by atoms with van der Waals surface area (Å²) in [5.41, 5.74) is 3.76. The van der Waals surface area contributed by atoms with Gasteiger partial charge in [0, 0.05) is 27.8 Å². The van der Waals surface area contributed by atoms with Crippen molar-refractivity contribution >= 4 is 22.3 Å². The molecule has 1 aliphatic carbocycles. The van der Waals surface area contributed by atoms with E-state index < -0.39 is 0 Å². The Morgan fingerprint density at radius 2 is 1.12 bits per heavy atom. The Balaban J connectivity index is 1.95. The monoisotopic (exact) mass is 334 g/mol. The largest absolute Gasteiger partial charge is 0.289 e. The number of carbonyl (C=O) groups is 2. The van der Waals surface area contributed by atoms with Crippen LogP contribution >= 0.6 is 0 Å². The molecule has 0 aliphatic heterocycles. The standard InChI is InChI=1S/C24H14O2/c25-23-18-12-6-7-13-19(18)24(26)22-20(23)14-16-10-4-5-11-17(16)21(22)15-8-2-1-3-9-15/h1-14H. The van der Waals surface area contributed by atoms with Crippen LogP contribution in [0.25, 0.3) is 21.9 Å². The van der Waals surface area contributed by atoms with E-state index in [0.29, 0.717) is 22.3 Å². The molecule has 1 aliphatic rings. The highest BCUT2D eigenvalue weighted by Gasteiger charge is 2.32. The molecule has 0 aromatic heterocycles. The fourth-order valence-corrected chi connectivity index (χ4v) is 3.83. The highest BCUT2D eigenvalue weighted by molar-refractivity contribution is 6.32. The molecule has 122 valence electrons. The van der Waals surface area contributed by atoms with E-state index in [1.807, 2.05) is 60.7 Å². The second-order valence-corrected chi connectivity index (χ2v) is 6.47. The molecule has 2 heteroatoms. The number of hydrogen-bond donors (Lipinski definition) is 0. The van der Waals surface area contributed by atoms with Gasteiger partial charge < -0.3 is 0 Å². The lowest BCUT2D eigenvalue weighted by atomic mass is 9.78. The van der Waals surface area contributed by atoms with Crippen LogP contribution in [0.3, 0.4) is 0 Å². The van der Waals surface area contributed by atoms with Gasteiger partial charge in [0.05, 0.1) is 0 Å².